The molecule has 0 heterocycles. The first-order chi connectivity index (χ1) is 12.1. The van der Waals surface area contributed by atoms with Crippen molar-refractivity contribution in [2.24, 2.45) is 5.10 Å². The predicted octanol–water partition coefficient (Wildman–Crippen LogP) is 3.85. The fourth-order valence-electron chi connectivity index (χ4n) is 2.03. The van der Waals surface area contributed by atoms with Crippen LogP contribution in [0.2, 0.25) is 0 Å². The second-order valence-corrected chi connectivity index (χ2v) is 6.93. The van der Waals surface area contributed by atoms with Crippen LogP contribution in [-0.2, 0) is 10.5 Å². The standard InChI is InChI=1S/C18H19BrN2O3S/c1-23-16-7-6-13(9-17(16)24-2)10-20-21-18(22)12-25-11-14-4-3-5-15(19)8-14/h3-10H,11-12H2,1-2H3,(H,21,22)/b20-10-. The van der Waals surface area contributed by atoms with E-state index in [9.17, 15) is 4.79 Å². The van der Waals surface area contributed by atoms with Crippen LogP contribution in [0.3, 0.4) is 0 Å². The maximum absolute atomic E-state index is 11.8. The van der Waals surface area contributed by atoms with Crippen molar-refractivity contribution in [1.82, 2.24) is 5.43 Å². The second-order valence-electron chi connectivity index (χ2n) is 5.03. The average Bonchev–Trinajstić information content (AvgIpc) is 2.61. The highest BCUT2D eigenvalue weighted by atomic mass is 79.9. The number of halogens is 1. The number of hydrazone groups is 1. The van der Waals surface area contributed by atoms with Crippen LogP contribution >= 0.6 is 27.7 Å². The number of hydrogen-bond acceptors (Lipinski definition) is 5. The zero-order valence-electron chi connectivity index (χ0n) is 14.0. The molecule has 132 valence electrons. The zero-order valence-corrected chi connectivity index (χ0v) is 16.4. The van der Waals surface area contributed by atoms with Crippen LogP contribution in [-0.4, -0.2) is 32.1 Å². The Morgan fingerprint density at radius 2 is 2.00 bits per heavy atom. The molecular weight excluding hydrogens is 404 g/mol. The van der Waals surface area contributed by atoms with Gasteiger partial charge in [-0.25, -0.2) is 5.43 Å². The lowest BCUT2D eigenvalue weighted by atomic mass is 10.2. The minimum absolute atomic E-state index is 0.142. The molecule has 1 amide bonds. The van der Waals surface area contributed by atoms with E-state index in [0.29, 0.717) is 17.3 Å². The normalized spacial score (nSPS) is 10.7. The van der Waals surface area contributed by atoms with Crippen LogP contribution in [0.15, 0.2) is 52.0 Å². The smallest absolute Gasteiger partial charge is 0.250 e. The molecule has 0 aliphatic heterocycles. The fraction of sp³-hybridized carbons (Fsp3) is 0.222. The number of thioether (sulfide) groups is 1. The highest BCUT2D eigenvalue weighted by molar-refractivity contribution is 9.10. The van der Waals surface area contributed by atoms with Gasteiger partial charge in [-0.2, -0.15) is 5.10 Å². The van der Waals surface area contributed by atoms with Gasteiger partial charge < -0.3 is 9.47 Å². The molecule has 0 fully saturated rings. The Bertz CT molecular complexity index is 753. The molecule has 2 aromatic carbocycles. The van der Waals surface area contributed by atoms with Gasteiger partial charge in [0.1, 0.15) is 0 Å². The van der Waals surface area contributed by atoms with Crippen molar-refractivity contribution in [2.45, 2.75) is 5.75 Å². The Morgan fingerprint density at radius 3 is 2.72 bits per heavy atom. The van der Waals surface area contributed by atoms with Crippen LogP contribution in [0.4, 0.5) is 0 Å². The summed E-state index contributed by atoms with van der Waals surface area (Å²) in [6.45, 7) is 0. The molecular formula is C18H19BrN2O3S. The van der Waals surface area contributed by atoms with Gasteiger partial charge in [-0.05, 0) is 41.5 Å². The lowest BCUT2D eigenvalue weighted by molar-refractivity contribution is -0.118. The predicted molar refractivity (Wildman–Crippen MR) is 106 cm³/mol. The number of nitrogens with one attached hydrogen (secondary N) is 1. The van der Waals surface area contributed by atoms with E-state index in [1.165, 1.54) is 17.3 Å². The van der Waals surface area contributed by atoms with E-state index >= 15 is 0 Å². The monoisotopic (exact) mass is 422 g/mol. The van der Waals surface area contributed by atoms with Crippen LogP contribution in [0.5, 0.6) is 11.5 Å². The third-order valence-corrected chi connectivity index (χ3v) is 4.70. The Hall–Kier alpha value is -1.99. The van der Waals surface area contributed by atoms with Crippen LogP contribution in [0, 0.1) is 0 Å². The SMILES string of the molecule is COc1ccc(/C=N\NC(=O)CSCc2cccc(Br)c2)cc1OC. The number of nitrogens with zero attached hydrogens (tertiary/aromatic N) is 1. The summed E-state index contributed by atoms with van der Waals surface area (Å²) in [4.78, 5) is 11.8. The fourth-order valence-corrected chi connectivity index (χ4v) is 3.25. The van der Waals surface area contributed by atoms with E-state index in [0.717, 1.165) is 15.8 Å². The molecule has 0 saturated heterocycles. The first-order valence-corrected chi connectivity index (χ1v) is 9.43. The molecule has 0 bridgehead atoms. The first kappa shape index (κ1) is 19.3. The molecule has 0 aromatic heterocycles. The van der Waals surface area contributed by atoms with Crippen molar-refractivity contribution in [3.05, 3.63) is 58.1 Å². The van der Waals surface area contributed by atoms with Crippen LogP contribution in [0.1, 0.15) is 11.1 Å². The summed E-state index contributed by atoms with van der Waals surface area (Å²) in [6, 6.07) is 13.4. The van der Waals surface area contributed by atoms with E-state index < -0.39 is 0 Å². The molecule has 5 nitrogen and oxygen atoms in total. The number of carbonyl (C=O) groups excluding carboxylic acids is 1. The molecule has 2 rings (SSSR count). The highest BCUT2D eigenvalue weighted by Crippen LogP contribution is 2.26. The Kier molecular flexibility index (Phi) is 7.81. The van der Waals surface area contributed by atoms with Gasteiger partial charge in [-0.1, -0.05) is 28.1 Å². The minimum Gasteiger partial charge on any atom is -0.493 e. The van der Waals surface area contributed by atoms with E-state index in [1.54, 1.807) is 32.6 Å². The number of rotatable bonds is 8. The number of hydrogen-bond donors (Lipinski definition) is 1. The van der Waals surface area contributed by atoms with Gasteiger partial charge >= 0.3 is 0 Å². The van der Waals surface area contributed by atoms with E-state index in [1.807, 2.05) is 30.3 Å². The second kappa shape index (κ2) is 10.1. The topological polar surface area (TPSA) is 59.9 Å². The Morgan fingerprint density at radius 1 is 1.20 bits per heavy atom. The molecule has 0 unspecified atom stereocenters. The maximum atomic E-state index is 11.8. The zero-order chi connectivity index (χ0) is 18.1. The summed E-state index contributed by atoms with van der Waals surface area (Å²) < 4.78 is 11.4. The van der Waals surface area contributed by atoms with Gasteiger partial charge in [-0.15, -0.1) is 11.8 Å². The van der Waals surface area contributed by atoms with Gasteiger partial charge in [0.05, 0.1) is 26.2 Å². The van der Waals surface area contributed by atoms with Gasteiger partial charge in [-0.3, -0.25) is 4.79 Å². The Balaban J connectivity index is 1.78. The van der Waals surface area contributed by atoms with Crippen molar-refractivity contribution in [2.75, 3.05) is 20.0 Å². The summed E-state index contributed by atoms with van der Waals surface area (Å²) in [7, 11) is 3.15. The van der Waals surface area contributed by atoms with E-state index in [2.05, 4.69) is 26.5 Å². The maximum Gasteiger partial charge on any atom is 0.250 e. The largest absolute Gasteiger partial charge is 0.493 e. The molecule has 0 aliphatic rings. The summed E-state index contributed by atoms with van der Waals surface area (Å²) >= 11 is 4.97. The highest BCUT2D eigenvalue weighted by Gasteiger charge is 2.04. The third kappa shape index (κ3) is 6.43. The summed E-state index contributed by atoms with van der Waals surface area (Å²) in [5, 5.41) is 3.97. The lowest BCUT2D eigenvalue weighted by Crippen LogP contribution is -2.19. The number of amides is 1. The lowest BCUT2D eigenvalue weighted by Gasteiger charge is -2.07. The van der Waals surface area contributed by atoms with Crippen molar-refractivity contribution in [1.29, 1.82) is 0 Å². The van der Waals surface area contributed by atoms with Gasteiger partial charge in [0.25, 0.3) is 0 Å². The van der Waals surface area contributed by atoms with E-state index in [4.69, 9.17) is 9.47 Å². The molecule has 7 heteroatoms. The van der Waals surface area contributed by atoms with Crippen molar-refractivity contribution >= 4 is 39.8 Å². The quantitative estimate of drug-likeness (QED) is 0.518. The van der Waals surface area contributed by atoms with Crippen molar-refractivity contribution in [3.63, 3.8) is 0 Å². The van der Waals surface area contributed by atoms with Gasteiger partial charge in [0.2, 0.25) is 5.91 Å². The van der Waals surface area contributed by atoms with E-state index in [-0.39, 0.29) is 5.91 Å². The Labute approximate surface area is 159 Å². The number of methoxy groups -OCH3 is 2. The van der Waals surface area contributed by atoms with Gasteiger partial charge in [0.15, 0.2) is 11.5 Å². The molecule has 0 atom stereocenters. The third-order valence-electron chi connectivity index (χ3n) is 3.20. The van der Waals surface area contributed by atoms with Gasteiger partial charge in [0, 0.05) is 10.2 Å². The molecule has 2 aromatic rings. The number of carbonyl (C=O) groups is 1. The van der Waals surface area contributed by atoms with Crippen LogP contribution < -0.4 is 14.9 Å². The van der Waals surface area contributed by atoms with Crippen molar-refractivity contribution in [3.8, 4) is 11.5 Å². The average molecular weight is 423 g/mol. The molecule has 0 radical (unpaired) electrons. The number of ether oxygens (including phenoxy) is 2. The number of benzene rings is 2. The molecule has 25 heavy (non-hydrogen) atoms. The molecule has 0 saturated carbocycles. The summed E-state index contributed by atoms with van der Waals surface area (Å²) in [5.74, 6) is 2.23. The first-order valence-electron chi connectivity index (χ1n) is 7.48. The molecule has 0 aliphatic carbocycles. The summed E-state index contributed by atoms with van der Waals surface area (Å²) in [5.41, 5.74) is 4.50. The van der Waals surface area contributed by atoms with Crippen LogP contribution in [0.25, 0.3) is 0 Å². The molecule has 0 spiro atoms. The summed E-state index contributed by atoms with van der Waals surface area (Å²) in [6.07, 6.45) is 1.57. The minimum atomic E-state index is -0.142. The van der Waals surface area contributed by atoms with Crippen molar-refractivity contribution < 1.29 is 14.3 Å². The molecule has 1 N–H and O–H groups in total.